The lowest BCUT2D eigenvalue weighted by atomic mass is 10.3. The molecule has 64 valence electrons. The maximum absolute atomic E-state index is 5.54. The zero-order valence-electron chi connectivity index (χ0n) is 6.62. The quantitative estimate of drug-likeness (QED) is 0.610. The fraction of sp³-hybridized carbons (Fsp3) is 0.125. The van der Waals surface area contributed by atoms with Crippen LogP contribution in [0.3, 0.4) is 0 Å². The topological polar surface area (TPSA) is 38.4 Å². The second kappa shape index (κ2) is 4.52. The van der Waals surface area contributed by atoms with Crippen molar-refractivity contribution < 1.29 is 0 Å². The minimum Gasteiger partial charge on any atom is -0.378 e. The smallest absolute Gasteiger partial charge is 0.158 e. The summed E-state index contributed by atoms with van der Waals surface area (Å²) in [4.78, 5) is 4.16. The van der Waals surface area contributed by atoms with Gasteiger partial charge in [-0.3, -0.25) is 0 Å². The summed E-state index contributed by atoms with van der Waals surface area (Å²) in [6.45, 7) is 0. The van der Waals surface area contributed by atoms with Gasteiger partial charge in [-0.25, -0.2) is 4.99 Å². The Labute approximate surface area is 84.4 Å². The van der Waals surface area contributed by atoms with E-state index in [1.165, 1.54) is 11.8 Å². The molecule has 0 spiro atoms. The van der Waals surface area contributed by atoms with Gasteiger partial charge in [0.05, 0.1) is 5.69 Å². The first-order valence-corrected chi connectivity index (χ1v) is 5.38. The molecule has 4 heteroatoms. The largest absolute Gasteiger partial charge is 0.378 e. The molecule has 0 amide bonds. The zero-order valence-corrected chi connectivity index (χ0v) is 9.02. The van der Waals surface area contributed by atoms with E-state index in [-0.39, 0.29) is 0 Å². The third-order valence-electron chi connectivity index (χ3n) is 1.28. The molecule has 0 saturated carbocycles. The molecular formula is C8H9BrN2S. The molecule has 12 heavy (non-hydrogen) atoms. The molecule has 0 aromatic heterocycles. The number of rotatable bonds is 1. The number of benzene rings is 1. The first kappa shape index (κ1) is 9.61. The van der Waals surface area contributed by atoms with Crippen molar-refractivity contribution in [1.29, 1.82) is 0 Å². The van der Waals surface area contributed by atoms with Gasteiger partial charge in [-0.15, -0.1) is 0 Å². The number of thioether (sulfide) groups is 1. The lowest BCUT2D eigenvalue weighted by molar-refractivity contribution is 1.49. The number of aliphatic imine (C=N–C) groups is 1. The van der Waals surface area contributed by atoms with E-state index in [4.69, 9.17) is 5.73 Å². The van der Waals surface area contributed by atoms with E-state index in [9.17, 15) is 0 Å². The Morgan fingerprint density at radius 2 is 2.00 bits per heavy atom. The summed E-state index contributed by atoms with van der Waals surface area (Å²) in [6.07, 6.45) is 1.90. The van der Waals surface area contributed by atoms with Crippen molar-refractivity contribution in [3.8, 4) is 0 Å². The second-order valence-electron chi connectivity index (χ2n) is 2.13. The van der Waals surface area contributed by atoms with Gasteiger partial charge in [-0.2, -0.15) is 0 Å². The predicted molar refractivity (Wildman–Crippen MR) is 58.9 cm³/mol. The van der Waals surface area contributed by atoms with Crippen LogP contribution in [0.25, 0.3) is 0 Å². The summed E-state index contributed by atoms with van der Waals surface area (Å²) in [5, 5.41) is 0.581. The average molecular weight is 245 g/mol. The van der Waals surface area contributed by atoms with Crippen LogP contribution < -0.4 is 5.73 Å². The maximum Gasteiger partial charge on any atom is 0.158 e. The van der Waals surface area contributed by atoms with Gasteiger partial charge in [0.1, 0.15) is 0 Å². The number of nitrogens with zero attached hydrogens (tertiary/aromatic N) is 1. The molecule has 0 atom stereocenters. The van der Waals surface area contributed by atoms with Gasteiger partial charge in [0.25, 0.3) is 0 Å². The Bertz CT molecular complexity index is 282. The Hall–Kier alpha value is -0.480. The van der Waals surface area contributed by atoms with Gasteiger partial charge in [0.15, 0.2) is 5.17 Å². The molecule has 2 N–H and O–H groups in total. The van der Waals surface area contributed by atoms with Crippen LogP contribution in [0.4, 0.5) is 5.69 Å². The molecular weight excluding hydrogens is 236 g/mol. The van der Waals surface area contributed by atoms with E-state index in [1.807, 2.05) is 30.5 Å². The first-order chi connectivity index (χ1) is 5.72. The molecule has 0 aliphatic heterocycles. The number of nitrogens with two attached hydrogens (primary N) is 1. The molecule has 0 saturated heterocycles. The van der Waals surface area contributed by atoms with E-state index >= 15 is 0 Å². The Morgan fingerprint density at radius 1 is 1.42 bits per heavy atom. The van der Waals surface area contributed by atoms with Crippen LogP contribution in [0.1, 0.15) is 0 Å². The Morgan fingerprint density at radius 3 is 2.50 bits per heavy atom. The van der Waals surface area contributed by atoms with Gasteiger partial charge in [0.2, 0.25) is 0 Å². The number of hydrogen-bond acceptors (Lipinski definition) is 2. The monoisotopic (exact) mass is 244 g/mol. The third kappa shape index (κ3) is 2.87. The van der Waals surface area contributed by atoms with Crippen molar-refractivity contribution in [3.63, 3.8) is 0 Å². The molecule has 1 aromatic carbocycles. The van der Waals surface area contributed by atoms with Gasteiger partial charge in [-0.05, 0) is 30.5 Å². The molecule has 0 heterocycles. The van der Waals surface area contributed by atoms with Crippen LogP contribution in [0.2, 0.25) is 0 Å². The Balaban J connectivity index is 2.84. The van der Waals surface area contributed by atoms with Crippen LogP contribution in [0.5, 0.6) is 0 Å². The normalized spacial score (nSPS) is 11.7. The molecule has 0 radical (unpaired) electrons. The summed E-state index contributed by atoms with van der Waals surface area (Å²) < 4.78 is 1.05. The van der Waals surface area contributed by atoms with Gasteiger partial charge < -0.3 is 5.73 Å². The lowest BCUT2D eigenvalue weighted by Gasteiger charge is -1.95. The standard InChI is InChI=1S/C8H9BrN2S/c1-12-8(10)11-7-4-2-6(9)3-5-7/h2-5H,1H3,(H2,10,11). The summed E-state index contributed by atoms with van der Waals surface area (Å²) in [6, 6.07) is 7.69. The van der Waals surface area contributed by atoms with E-state index in [2.05, 4.69) is 20.9 Å². The summed E-state index contributed by atoms with van der Waals surface area (Å²) in [7, 11) is 0. The maximum atomic E-state index is 5.54. The number of amidine groups is 1. The van der Waals surface area contributed by atoms with Crippen LogP contribution in [0, 0.1) is 0 Å². The van der Waals surface area contributed by atoms with Crippen LogP contribution in [0.15, 0.2) is 33.7 Å². The number of hydrogen-bond donors (Lipinski definition) is 1. The second-order valence-corrected chi connectivity index (χ2v) is 3.87. The number of halogens is 1. The highest BCUT2D eigenvalue weighted by Gasteiger charge is 1.91. The minimum atomic E-state index is 0.581. The Kier molecular flexibility index (Phi) is 3.62. The molecule has 0 bridgehead atoms. The highest BCUT2D eigenvalue weighted by Crippen LogP contribution is 2.17. The molecule has 0 aliphatic carbocycles. The zero-order chi connectivity index (χ0) is 8.97. The van der Waals surface area contributed by atoms with E-state index in [1.54, 1.807) is 0 Å². The van der Waals surface area contributed by atoms with Crippen molar-refractivity contribution in [1.82, 2.24) is 0 Å². The van der Waals surface area contributed by atoms with E-state index < -0.39 is 0 Å². The van der Waals surface area contributed by atoms with E-state index in [0.717, 1.165) is 10.2 Å². The lowest BCUT2D eigenvalue weighted by Crippen LogP contribution is -2.03. The van der Waals surface area contributed by atoms with Gasteiger partial charge >= 0.3 is 0 Å². The highest BCUT2D eigenvalue weighted by molar-refractivity contribution is 9.10. The highest BCUT2D eigenvalue weighted by atomic mass is 79.9. The molecule has 1 rings (SSSR count). The fourth-order valence-corrected chi connectivity index (χ4v) is 1.15. The average Bonchev–Trinajstić information content (AvgIpc) is 2.09. The summed E-state index contributed by atoms with van der Waals surface area (Å²) in [5.41, 5.74) is 6.42. The molecule has 2 nitrogen and oxygen atoms in total. The summed E-state index contributed by atoms with van der Waals surface area (Å²) >= 11 is 4.78. The molecule has 0 fully saturated rings. The molecule has 1 aromatic rings. The van der Waals surface area contributed by atoms with Crippen molar-refractivity contribution >= 4 is 38.5 Å². The fourth-order valence-electron chi connectivity index (χ4n) is 0.689. The summed E-state index contributed by atoms with van der Waals surface area (Å²) in [5.74, 6) is 0. The molecule has 0 unspecified atom stereocenters. The van der Waals surface area contributed by atoms with Crippen LogP contribution in [-0.4, -0.2) is 11.4 Å². The van der Waals surface area contributed by atoms with Crippen molar-refractivity contribution in [3.05, 3.63) is 28.7 Å². The predicted octanol–water partition coefficient (Wildman–Crippen LogP) is 2.76. The van der Waals surface area contributed by atoms with Crippen molar-refractivity contribution in [2.45, 2.75) is 0 Å². The van der Waals surface area contributed by atoms with Gasteiger partial charge in [0, 0.05) is 4.47 Å². The van der Waals surface area contributed by atoms with Crippen LogP contribution in [-0.2, 0) is 0 Å². The minimum absolute atomic E-state index is 0.581. The first-order valence-electron chi connectivity index (χ1n) is 3.36. The SMILES string of the molecule is CSC(N)=Nc1ccc(Br)cc1. The van der Waals surface area contributed by atoms with Crippen molar-refractivity contribution in [2.75, 3.05) is 6.26 Å². The van der Waals surface area contributed by atoms with E-state index in [0.29, 0.717) is 5.17 Å². The van der Waals surface area contributed by atoms with Crippen LogP contribution >= 0.6 is 27.7 Å². The molecule has 0 aliphatic rings. The van der Waals surface area contributed by atoms with Gasteiger partial charge in [-0.1, -0.05) is 27.7 Å². The van der Waals surface area contributed by atoms with Crippen molar-refractivity contribution in [2.24, 2.45) is 10.7 Å². The third-order valence-corrected chi connectivity index (χ3v) is 2.31.